The Morgan fingerprint density at radius 2 is 1.55 bits per heavy atom. The Labute approximate surface area is 205 Å². The number of nitrogens with zero attached hydrogens (tertiary/aromatic N) is 1. The molecule has 0 aliphatic heterocycles. The maximum atomic E-state index is 13.6. The lowest BCUT2D eigenvalue weighted by Crippen LogP contribution is -2.52. The van der Waals surface area contributed by atoms with Crippen molar-refractivity contribution in [2.45, 2.75) is 52.2 Å². The summed E-state index contributed by atoms with van der Waals surface area (Å²) in [5.41, 5.74) is 4.07. The molecule has 0 saturated carbocycles. The van der Waals surface area contributed by atoms with E-state index >= 15 is 0 Å². The van der Waals surface area contributed by atoms with E-state index < -0.39 is 6.04 Å². The van der Waals surface area contributed by atoms with Gasteiger partial charge in [0.05, 0.1) is 6.42 Å². The molecular weight excluding hydrogens is 476 g/mol. The molecule has 0 spiro atoms. The molecule has 1 atom stereocenters. The van der Waals surface area contributed by atoms with E-state index in [1.165, 1.54) is 0 Å². The first-order valence-corrected chi connectivity index (χ1v) is 12.0. The minimum absolute atomic E-state index is 0.0179. The Hall–Kier alpha value is -2.92. The maximum absolute atomic E-state index is 13.6. The molecule has 33 heavy (non-hydrogen) atoms. The molecule has 1 unspecified atom stereocenters. The quantitative estimate of drug-likeness (QED) is 0.418. The van der Waals surface area contributed by atoms with Crippen LogP contribution in [0.3, 0.4) is 0 Å². The number of amides is 2. The predicted molar refractivity (Wildman–Crippen MR) is 137 cm³/mol. The molecule has 0 bridgehead atoms. The van der Waals surface area contributed by atoms with Crippen LogP contribution in [0.15, 0.2) is 83.3 Å². The minimum atomic E-state index is -0.619. The van der Waals surface area contributed by atoms with Gasteiger partial charge in [0.25, 0.3) is 0 Å². The lowest BCUT2D eigenvalue weighted by Gasteiger charge is -2.32. The number of hydrogen-bond donors (Lipinski definition) is 1. The summed E-state index contributed by atoms with van der Waals surface area (Å²) in [5, 5.41) is 3.02. The van der Waals surface area contributed by atoms with Gasteiger partial charge in [0, 0.05) is 23.5 Å². The van der Waals surface area contributed by atoms with Crippen molar-refractivity contribution < 1.29 is 9.59 Å². The highest BCUT2D eigenvalue weighted by Gasteiger charge is 2.30. The average molecular weight is 507 g/mol. The molecule has 0 aliphatic carbocycles. The van der Waals surface area contributed by atoms with E-state index in [0.29, 0.717) is 13.0 Å². The number of aryl methyl sites for hydroxylation is 1. The number of benzene rings is 3. The van der Waals surface area contributed by atoms with Crippen LogP contribution in [-0.2, 0) is 29.0 Å². The molecule has 4 nitrogen and oxygen atoms in total. The van der Waals surface area contributed by atoms with Gasteiger partial charge in [-0.25, -0.2) is 0 Å². The maximum Gasteiger partial charge on any atom is 0.243 e. The minimum Gasteiger partial charge on any atom is -0.352 e. The van der Waals surface area contributed by atoms with Crippen LogP contribution < -0.4 is 5.32 Å². The van der Waals surface area contributed by atoms with E-state index in [1.54, 1.807) is 4.90 Å². The summed E-state index contributed by atoms with van der Waals surface area (Å²) < 4.78 is 0.942. The van der Waals surface area contributed by atoms with E-state index in [4.69, 9.17) is 0 Å². The molecular formula is C28H31BrN2O2. The van der Waals surface area contributed by atoms with Gasteiger partial charge in [0.1, 0.15) is 6.04 Å². The smallest absolute Gasteiger partial charge is 0.243 e. The van der Waals surface area contributed by atoms with Crippen molar-refractivity contribution >= 4 is 27.7 Å². The van der Waals surface area contributed by atoms with Crippen LogP contribution in [0.25, 0.3) is 0 Å². The number of rotatable bonds is 9. The fourth-order valence-corrected chi connectivity index (χ4v) is 4.20. The average Bonchev–Trinajstić information content (AvgIpc) is 2.78. The number of nitrogens with one attached hydrogen (secondary N) is 1. The third-order valence-corrected chi connectivity index (χ3v) is 5.91. The van der Waals surface area contributed by atoms with Gasteiger partial charge in [0.2, 0.25) is 11.8 Å². The standard InChI is InChI=1S/C28H31BrN2O2/c1-20(2)30-28(33)26(17-22-8-5-4-6-9-22)31(19-24-10-7-11-25(29)16-24)27(32)18-23-14-12-21(3)13-15-23/h4-16,20,26H,17-19H2,1-3H3,(H,30,33). The van der Waals surface area contributed by atoms with E-state index in [0.717, 1.165) is 26.7 Å². The lowest BCUT2D eigenvalue weighted by molar-refractivity contribution is -0.141. The van der Waals surface area contributed by atoms with Crippen LogP contribution in [0.4, 0.5) is 0 Å². The molecule has 0 aromatic heterocycles. The Kier molecular flexibility index (Phi) is 8.84. The first-order valence-electron chi connectivity index (χ1n) is 11.3. The summed E-state index contributed by atoms with van der Waals surface area (Å²) in [6.45, 7) is 6.25. The van der Waals surface area contributed by atoms with Crippen LogP contribution in [0.1, 0.15) is 36.1 Å². The van der Waals surface area contributed by atoms with Gasteiger partial charge in [-0.3, -0.25) is 9.59 Å². The topological polar surface area (TPSA) is 49.4 Å². The summed E-state index contributed by atoms with van der Waals surface area (Å²) in [7, 11) is 0. The summed E-state index contributed by atoms with van der Waals surface area (Å²) in [4.78, 5) is 28.7. The van der Waals surface area contributed by atoms with Crippen LogP contribution in [0, 0.1) is 6.92 Å². The highest BCUT2D eigenvalue weighted by atomic mass is 79.9. The third kappa shape index (κ3) is 7.57. The van der Waals surface area contributed by atoms with Gasteiger partial charge in [-0.15, -0.1) is 0 Å². The summed E-state index contributed by atoms with van der Waals surface area (Å²) in [5.74, 6) is -0.209. The van der Waals surface area contributed by atoms with Crippen molar-refractivity contribution in [3.05, 3.63) is 106 Å². The molecule has 0 saturated heterocycles. The molecule has 2 amide bonds. The van der Waals surface area contributed by atoms with E-state index in [-0.39, 0.29) is 24.3 Å². The lowest BCUT2D eigenvalue weighted by atomic mass is 10.0. The Bertz CT molecular complexity index is 1060. The Morgan fingerprint density at radius 3 is 2.18 bits per heavy atom. The fourth-order valence-electron chi connectivity index (χ4n) is 3.75. The van der Waals surface area contributed by atoms with Gasteiger partial charge in [0.15, 0.2) is 0 Å². The molecule has 0 heterocycles. The summed E-state index contributed by atoms with van der Waals surface area (Å²) in [6, 6.07) is 25.1. The van der Waals surface area contributed by atoms with Gasteiger partial charge in [-0.1, -0.05) is 88.2 Å². The monoisotopic (exact) mass is 506 g/mol. The zero-order valence-electron chi connectivity index (χ0n) is 19.4. The Morgan fingerprint density at radius 1 is 0.879 bits per heavy atom. The fraction of sp³-hybridized carbons (Fsp3) is 0.286. The van der Waals surface area contributed by atoms with Gasteiger partial charge < -0.3 is 10.2 Å². The second-order valence-corrected chi connectivity index (χ2v) is 9.60. The van der Waals surface area contributed by atoms with E-state index in [1.807, 2.05) is 99.6 Å². The molecule has 5 heteroatoms. The number of carbonyl (C=O) groups excluding carboxylic acids is 2. The SMILES string of the molecule is Cc1ccc(CC(=O)N(Cc2cccc(Br)c2)C(Cc2ccccc2)C(=O)NC(C)C)cc1. The van der Waals surface area contributed by atoms with E-state index in [2.05, 4.69) is 21.2 Å². The molecule has 0 aliphatic rings. The predicted octanol–water partition coefficient (Wildman–Crippen LogP) is 5.46. The first-order chi connectivity index (χ1) is 15.8. The zero-order valence-corrected chi connectivity index (χ0v) is 21.0. The molecule has 0 radical (unpaired) electrons. The van der Waals surface area contributed by atoms with E-state index in [9.17, 15) is 9.59 Å². The van der Waals surface area contributed by atoms with Gasteiger partial charge in [-0.05, 0) is 49.6 Å². The second kappa shape index (κ2) is 11.8. The van der Waals surface area contributed by atoms with Crippen LogP contribution >= 0.6 is 15.9 Å². The van der Waals surface area contributed by atoms with Gasteiger partial charge >= 0.3 is 0 Å². The van der Waals surface area contributed by atoms with Crippen LogP contribution in [0.5, 0.6) is 0 Å². The highest BCUT2D eigenvalue weighted by molar-refractivity contribution is 9.10. The largest absolute Gasteiger partial charge is 0.352 e. The number of carbonyl (C=O) groups is 2. The number of hydrogen-bond acceptors (Lipinski definition) is 2. The van der Waals surface area contributed by atoms with Crippen molar-refractivity contribution in [1.82, 2.24) is 10.2 Å². The van der Waals surface area contributed by atoms with Crippen molar-refractivity contribution in [3.8, 4) is 0 Å². The van der Waals surface area contributed by atoms with Crippen LogP contribution in [0.2, 0.25) is 0 Å². The van der Waals surface area contributed by atoms with Crippen molar-refractivity contribution in [1.29, 1.82) is 0 Å². The highest BCUT2D eigenvalue weighted by Crippen LogP contribution is 2.19. The van der Waals surface area contributed by atoms with Crippen molar-refractivity contribution in [2.24, 2.45) is 0 Å². The Balaban J connectivity index is 1.96. The van der Waals surface area contributed by atoms with Crippen LogP contribution in [-0.4, -0.2) is 28.8 Å². The zero-order chi connectivity index (χ0) is 23.8. The molecule has 3 aromatic rings. The van der Waals surface area contributed by atoms with Crippen molar-refractivity contribution in [3.63, 3.8) is 0 Å². The second-order valence-electron chi connectivity index (χ2n) is 8.68. The molecule has 172 valence electrons. The number of halogens is 1. The molecule has 1 N–H and O–H groups in total. The molecule has 3 rings (SSSR count). The van der Waals surface area contributed by atoms with Crippen molar-refractivity contribution in [2.75, 3.05) is 0 Å². The van der Waals surface area contributed by atoms with Gasteiger partial charge in [-0.2, -0.15) is 0 Å². The molecule has 3 aromatic carbocycles. The summed E-state index contributed by atoms with van der Waals surface area (Å²) >= 11 is 3.52. The molecule has 0 fully saturated rings. The third-order valence-electron chi connectivity index (χ3n) is 5.42. The summed E-state index contributed by atoms with van der Waals surface area (Å²) in [6.07, 6.45) is 0.696. The first kappa shape index (κ1) is 24.7. The normalized spacial score (nSPS) is 11.8.